The third-order valence-electron chi connectivity index (χ3n) is 4.55. The van der Waals surface area contributed by atoms with E-state index in [0.717, 1.165) is 16.5 Å². The smallest absolute Gasteiger partial charge is 0.313 e. The number of esters is 1. The number of benzene rings is 2. The van der Waals surface area contributed by atoms with E-state index in [1.54, 1.807) is 7.11 Å². The Bertz CT molecular complexity index is 965. The van der Waals surface area contributed by atoms with Crippen LogP contribution in [0.3, 0.4) is 0 Å². The van der Waals surface area contributed by atoms with Crippen molar-refractivity contribution in [1.82, 2.24) is 4.57 Å². The van der Waals surface area contributed by atoms with Crippen LogP contribution in [0.4, 0.5) is 0 Å². The molecule has 0 fully saturated rings. The van der Waals surface area contributed by atoms with E-state index < -0.39 is 11.9 Å². The van der Waals surface area contributed by atoms with Gasteiger partial charge in [0.1, 0.15) is 5.75 Å². The molecule has 6 heteroatoms. The van der Waals surface area contributed by atoms with Gasteiger partial charge in [0, 0.05) is 24.5 Å². The normalized spacial score (nSPS) is 12.0. The van der Waals surface area contributed by atoms with Gasteiger partial charge in [0.05, 0.1) is 25.7 Å². The minimum atomic E-state index is -0.740. The first-order valence-electron chi connectivity index (χ1n) is 8.54. The van der Waals surface area contributed by atoms with Crippen LogP contribution in [0.2, 0.25) is 0 Å². The van der Waals surface area contributed by atoms with Crippen LogP contribution in [0.1, 0.15) is 23.5 Å². The Hall–Kier alpha value is -2.73. The molecule has 0 bridgehead atoms. The van der Waals surface area contributed by atoms with Crippen molar-refractivity contribution >= 4 is 34.6 Å². The van der Waals surface area contributed by atoms with Crippen LogP contribution in [0.15, 0.2) is 54.7 Å². The number of ether oxygens (including phenoxy) is 2. The van der Waals surface area contributed by atoms with Crippen LogP contribution in [-0.2, 0) is 20.9 Å². The van der Waals surface area contributed by atoms with Gasteiger partial charge >= 0.3 is 5.97 Å². The first-order chi connectivity index (χ1) is 13.0. The Morgan fingerprint density at radius 2 is 1.81 bits per heavy atom. The number of aromatic nitrogens is 1. The average Bonchev–Trinajstić information content (AvgIpc) is 3.04. The molecule has 0 aliphatic carbocycles. The van der Waals surface area contributed by atoms with E-state index in [9.17, 15) is 9.59 Å². The third kappa shape index (κ3) is 4.01. The van der Waals surface area contributed by atoms with Crippen LogP contribution < -0.4 is 4.74 Å². The van der Waals surface area contributed by atoms with E-state index in [2.05, 4.69) is 17.2 Å². The van der Waals surface area contributed by atoms with Gasteiger partial charge in [0.25, 0.3) is 0 Å². The molecule has 0 saturated carbocycles. The molecular formula is C21H21NO4S. The van der Waals surface area contributed by atoms with E-state index in [4.69, 9.17) is 9.47 Å². The van der Waals surface area contributed by atoms with Gasteiger partial charge in [-0.25, -0.2) is 0 Å². The number of hydrogen-bond donors (Lipinski definition) is 1. The lowest BCUT2D eigenvalue weighted by Crippen LogP contribution is -2.16. The summed E-state index contributed by atoms with van der Waals surface area (Å²) >= 11 is 3.87. The predicted molar refractivity (Wildman–Crippen MR) is 107 cm³/mol. The molecule has 0 aliphatic heterocycles. The van der Waals surface area contributed by atoms with Gasteiger partial charge in [-0.15, -0.1) is 12.6 Å². The molecule has 1 atom stereocenters. The highest BCUT2D eigenvalue weighted by molar-refractivity contribution is 7.96. The van der Waals surface area contributed by atoms with E-state index in [0.29, 0.717) is 17.9 Å². The SMILES string of the molecule is COC(=O)C(CC(=O)S)c1cn(Cc2ccccc2)c2cccc(OC)c12. The fourth-order valence-corrected chi connectivity index (χ4v) is 3.52. The van der Waals surface area contributed by atoms with Crippen molar-refractivity contribution in [3.63, 3.8) is 0 Å². The van der Waals surface area contributed by atoms with Gasteiger partial charge in [-0.05, 0) is 23.3 Å². The van der Waals surface area contributed by atoms with Gasteiger partial charge in [0.15, 0.2) is 5.12 Å². The van der Waals surface area contributed by atoms with Crippen LogP contribution in [0, 0.1) is 0 Å². The molecule has 140 valence electrons. The zero-order valence-electron chi connectivity index (χ0n) is 15.2. The summed E-state index contributed by atoms with van der Waals surface area (Å²) in [6.07, 6.45) is 1.86. The second kappa shape index (κ2) is 8.31. The number of methoxy groups -OCH3 is 2. The molecule has 3 aromatic rings. The number of thiol groups is 1. The van der Waals surface area contributed by atoms with Crippen molar-refractivity contribution in [3.05, 3.63) is 65.9 Å². The number of rotatable bonds is 7. The molecule has 27 heavy (non-hydrogen) atoms. The van der Waals surface area contributed by atoms with Gasteiger partial charge < -0.3 is 14.0 Å². The summed E-state index contributed by atoms with van der Waals surface area (Å²) in [6.45, 7) is 0.632. The summed E-state index contributed by atoms with van der Waals surface area (Å²) in [5, 5.41) is 0.435. The molecule has 1 aromatic heterocycles. The summed E-state index contributed by atoms with van der Waals surface area (Å²) in [5.41, 5.74) is 2.75. The molecule has 0 saturated heterocycles. The summed E-state index contributed by atoms with van der Waals surface area (Å²) in [4.78, 5) is 24.1. The average molecular weight is 383 g/mol. The molecule has 0 N–H and O–H groups in total. The Morgan fingerprint density at radius 3 is 2.44 bits per heavy atom. The summed E-state index contributed by atoms with van der Waals surface area (Å²) in [7, 11) is 2.91. The summed E-state index contributed by atoms with van der Waals surface area (Å²) in [5.74, 6) is -0.562. The van der Waals surface area contributed by atoms with Gasteiger partial charge in [-0.1, -0.05) is 36.4 Å². The van der Waals surface area contributed by atoms with Crippen molar-refractivity contribution < 1.29 is 19.1 Å². The van der Waals surface area contributed by atoms with E-state index in [1.807, 2.05) is 54.7 Å². The van der Waals surface area contributed by atoms with Gasteiger partial charge in [-0.2, -0.15) is 0 Å². The third-order valence-corrected chi connectivity index (χ3v) is 4.74. The Labute approximate surface area is 163 Å². The molecule has 5 nitrogen and oxygen atoms in total. The predicted octanol–water partition coefficient (Wildman–Crippen LogP) is 3.80. The zero-order chi connectivity index (χ0) is 19.4. The van der Waals surface area contributed by atoms with E-state index >= 15 is 0 Å². The summed E-state index contributed by atoms with van der Waals surface area (Å²) in [6, 6.07) is 15.7. The number of nitrogens with zero attached hydrogens (tertiary/aromatic N) is 1. The number of carbonyl (C=O) groups excluding carboxylic acids is 2. The van der Waals surface area contributed by atoms with E-state index in [1.165, 1.54) is 7.11 Å². The second-order valence-electron chi connectivity index (χ2n) is 6.23. The van der Waals surface area contributed by atoms with Crippen LogP contribution in [0.5, 0.6) is 5.75 Å². The first-order valence-corrected chi connectivity index (χ1v) is 8.99. The maximum atomic E-state index is 12.4. The number of hydrogen-bond acceptors (Lipinski definition) is 4. The number of carbonyl (C=O) groups is 2. The van der Waals surface area contributed by atoms with Crippen LogP contribution in [0.25, 0.3) is 10.9 Å². The molecule has 0 amide bonds. The number of fused-ring (bicyclic) bond motifs is 1. The Balaban J connectivity index is 2.18. The lowest BCUT2D eigenvalue weighted by Gasteiger charge is -2.13. The molecule has 1 heterocycles. The van der Waals surface area contributed by atoms with Crippen molar-refractivity contribution in [2.24, 2.45) is 0 Å². The first kappa shape index (κ1) is 19.0. The highest BCUT2D eigenvalue weighted by Gasteiger charge is 2.28. The van der Waals surface area contributed by atoms with Crippen molar-refractivity contribution in [1.29, 1.82) is 0 Å². The minimum absolute atomic E-state index is 0.0434. The lowest BCUT2D eigenvalue weighted by molar-refractivity contribution is -0.143. The molecule has 0 radical (unpaired) electrons. The fraction of sp³-hybridized carbons (Fsp3) is 0.238. The molecule has 3 rings (SSSR count). The monoisotopic (exact) mass is 383 g/mol. The molecule has 0 spiro atoms. The van der Waals surface area contributed by atoms with Crippen molar-refractivity contribution in [2.75, 3.05) is 14.2 Å². The molecule has 2 aromatic carbocycles. The highest BCUT2D eigenvalue weighted by Crippen LogP contribution is 2.37. The molecule has 1 unspecified atom stereocenters. The molecule has 0 aliphatic rings. The van der Waals surface area contributed by atoms with Crippen LogP contribution in [-0.4, -0.2) is 29.9 Å². The zero-order valence-corrected chi connectivity index (χ0v) is 16.1. The Kier molecular flexibility index (Phi) is 5.86. The maximum Gasteiger partial charge on any atom is 0.313 e. The largest absolute Gasteiger partial charge is 0.496 e. The molecular weight excluding hydrogens is 362 g/mol. The maximum absolute atomic E-state index is 12.4. The van der Waals surface area contributed by atoms with Crippen molar-refractivity contribution in [3.8, 4) is 5.75 Å². The quantitative estimate of drug-likeness (QED) is 0.498. The highest BCUT2D eigenvalue weighted by atomic mass is 32.1. The second-order valence-corrected chi connectivity index (χ2v) is 6.72. The van der Waals surface area contributed by atoms with Gasteiger partial charge in [0.2, 0.25) is 0 Å². The fourth-order valence-electron chi connectivity index (χ4n) is 3.33. The topological polar surface area (TPSA) is 57.5 Å². The van der Waals surface area contributed by atoms with Gasteiger partial charge in [-0.3, -0.25) is 9.59 Å². The lowest BCUT2D eigenvalue weighted by atomic mass is 9.95. The standard InChI is InChI=1S/C21H21NO4S/c1-25-18-10-6-9-17-20(18)16(15(11-19(23)27)21(24)26-2)13-22(17)12-14-7-4-3-5-8-14/h3-10,13,15H,11-12H2,1-2H3,(H,23,27). The van der Waals surface area contributed by atoms with E-state index in [-0.39, 0.29) is 11.5 Å². The minimum Gasteiger partial charge on any atom is -0.496 e. The Morgan fingerprint density at radius 1 is 1.07 bits per heavy atom. The van der Waals surface area contributed by atoms with Crippen molar-refractivity contribution in [2.45, 2.75) is 18.9 Å². The summed E-state index contributed by atoms with van der Waals surface area (Å²) < 4.78 is 12.5. The van der Waals surface area contributed by atoms with Crippen LogP contribution >= 0.6 is 12.6 Å².